The minimum absolute atomic E-state index is 0.0672. The van der Waals surface area contributed by atoms with Gasteiger partial charge in [0.25, 0.3) is 11.7 Å². The van der Waals surface area contributed by atoms with Crippen molar-refractivity contribution >= 4 is 17.4 Å². The van der Waals surface area contributed by atoms with Gasteiger partial charge in [-0.1, -0.05) is 26.8 Å². The predicted octanol–water partition coefficient (Wildman–Crippen LogP) is 4.15. The molecular weight excluding hydrogens is 430 g/mol. The number of amides is 1. The number of hydrogen-bond donors (Lipinski definition) is 1. The lowest BCUT2D eigenvalue weighted by Crippen LogP contribution is -2.32. The molecule has 0 bridgehead atoms. The molecule has 3 rings (SSSR count). The lowest BCUT2D eigenvalue weighted by Gasteiger charge is -2.26. The summed E-state index contributed by atoms with van der Waals surface area (Å²) < 4.78 is 5.79. The molecule has 0 spiro atoms. The maximum atomic E-state index is 13.2. The Balaban J connectivity index is 2.13. The van der Waals surface area contributed by atoms with E-state index in [1.165, 1.54) is 4.90 Å². The van der Waals surface area contributed by atoms with Gasteiger partial charge < -0.3 is 19.6 Å². The minimum atomic E-state index is -0.743. The predicted molar refractivity (Wildman–Crippen MR) is 133 cm³/mol. The van der Waals surface area contributed by atoms with Crippen LogP contribution in [0, 0.1) is 0 Å². The Kier molecular flexibility index (Phi) is 7.77. The van der Waals surface area contributed by atoms with Crippen molar-refractivity contribution in [3.05, 3.63) is 65.0 Å². The second kappa shape index (κ2) is 10.4. The summed E-state index contributed by atoms with van der Waals surface area (Å²) in [5, 5.41) is 11.4. The molecule has 1 unspecified atom stereocenters. The number of carbonyl (C=O) groups excluding carboxylic acids is 2. The van der Waals surface area contributed by atoms with Crippen molar-refractivity contribution in [3.8, 4) is 5.75 Å². The van der Waals surface area contributed by atoms with Gasteiger partial charge in [-0.05, 0) is 69.7 Å². The summed E-state index contributed by atoms with van der Waals surface area (Å²) in [6.07, 6.45) is 2.32. The van der Waals surface area contributed by atoms with Gasteiger partial charge in [-0.25, -0.2) is 0 Å². The summed E-state index contributed by atoms with van der Waals surface area (Å²) in [4.78, 5) is 34.2. The zero-order valence-corrected chi connectivity index (χ0v) is 21.0. The quantitative estimate of drug-likeness (QED) is 0.358. The maximum Gasteiger partial charge on any atom is 0.295 e. The second-order valence-corrected chi connectivity index (χ2v) is 9.80. The molecule has 2 aromatic rings. The molecule has 2 heterocycles. The van der Waals surface area contributed by atoms with Crippen molar-refractivity contribution in [2.24, 2.45) is 0 Å². The van der Waals surface area contributed by atoms with Crippen molar-refractivity contribution in [2.75, 3.05) is 33.8 Å². The van der Waals surface area contributed by atoms with Gasteiger partial charge in [-0.3, -0.25) is 14.6 Å². The van der Waals surface area contributed by atoms with Gasteiger partial charge in [-0.2, -0.15) is 0 Å². The minimum Gasteiger partial charge on any atom is -0.507 e. The van der Waals surface area contributed by atoms with Gasteiger partial charge in [0.2, 0.25) is 0 Å². The van der Waals surface area contributed by atoms with Crippen LogP contribution in [0.1, 0.15) is 57.0 Å². The van der Waals surface area contributed by atoms with E-state index in [0.717, 1.165) is 17.9 Å². The van der Waals surface area contributed by atoms with Gasteiger partial charge in [0.15, 0.2) is 0 Å². The van der Waals surface area contributed by atoms with Crippen LogP contribution in [-0.4, -0.2) is 65.4 Å². The van der Waals surface area contributed by atoms with Crippen molar-refractivity contribution in [2.45, 2.75) is 45.6 Å². The van der Waals surface area contributed by atoms with E-state index in [1.54, 1.807) is 24.4 Å². The number of rotatable bonds is 8. The standard InChI is InChI=1S/C27H35N3O4/c1-7-34-21-13-12-18(17-19(21)27(2,3)4)24(31)22-23(20-11-8-9-14-28-20)30(26(33)25(22)32)16-10-15-29(5)6/h8-9,11-14,17,23,31H,7,10,15-16H2,1-6H3/b24-22-. The summed E-state index contributed by atoms with van der Waals surface area (Å²) in [5.41, 5.74) is 1.75. The Bertz CT molecular complexity index is 1070. The molecule has 1 aromatic carbocycles. The Labute approximate surface area is 202 Å². The summed E-state index contributed by atoms with van der Waals surface area (Å²) in [6, 6.07) is 10.0. The monoisotopic (exact) mass is 465 g/mol. The number of hydrogen-bond acceptors (Lipinski definition) is 6. The topological polar surface area (TPSA) is 83.0 Å². The fourth-order valence-corrected chi connectivity index (χ4v) is 4.21. The van der Waals surface area contributed by atoms with Gasteiger partial charge in [-0.15, -0.1) is 0 Å². The number of ether oxygens (including phenoxy) is 1. The van der Waals surface area contributed by atoms with E-state index in [-0.39, 0.29) is 16.7 Å². The summed E-state index contributed by atoms with van der Waals surface area (Å²) in [6.45, 7) is 9.78. The molecule has 1 aliphatic heterocycles. The first-order valence-corrected chi connectivity index (χ1v) is 11.7. The molecule has 0 aliphatic carbocycles. The van der Waals surface area contributed by atoms with E-state index in [2.05, 4.69) is 25.8 Å². The normalized spacial score (nSPS) is 18.1. The highest BCUT2D eigenvalue weighted by Crippen LogP contribution is 2.40. The van der Waals surface area contributed by atoms with E-state index in [0.29, 0.717) is 30.8 Å². The summed E-state index contributed by atoms with van der Waals surface area (Å²) >= 11 is 0. The van der Waals surface area contributed by atoms with Crippen molar-refractivity contribution in [3.63, 3.8) is 0 Å². The first-order valence-electron chi connectivity index (χ1n) is 11.7. The largest absolute Gasteiger partial charge is 0.507 e. The van der Waals surface area contributed by atoms with Gasteiger partial charge in [0.1, 0.15) is 17.6 Å². The number of aliphatic hydroxyl groups excluding tert-OH is 1. The molecular formula is C27H35N3O4. The van der Waals surface area contributed by atoms with E-state index in [1.807, 2.05) is 44.1 Å². The van der Waals surface area contributed by atoms with Crippen LogP contribution in [0.15, 0.2) is 48.2 Å². The Morgan fingerprint density at radius 3 is 2.50 bits per heavy atom. The van der Waals surface area contributed by atoms with Crippen LogP contribution in [0.3, 0.4) is 0 Å². The Hall–Kier alpha value is -3.19. The molecule has 1 fully saturated rings. The molecule has 1 amide bonds. The van der Waals surface area contributed by atoms with Crippen LogP contribution < -0.4 is 4.74 Å². The third kappa shape index (κ3) is 5.30. The van der Waals surface area contributed by atoms with Crippen molar-refractivity contribution in [1.82, 2.24) is 14.8 Å². The Morgan fingerprint density at radius 1 is 1.18 bits per heavy atom. The molecule has 182 valence electrons. The third-order valence-electron chi connectivity index (χ3n) is 5.87. The van der Waals surface area contributed by atoms with Crippen molar-refractivity contribution < 1.29 is 19.4 Å². The molecule has 1 N–H and O–H groups in total. The number of aromatic nitrogens is 1. The summed E-state index contributed by atoms with van der Waals surface area (Å²) in [7, 11) is 3.92. The van der Waals surface area contributed by atoms with Crippen LogP contribution in [-0.2, 0) is 15.0 Å². The number of likely N-dealkylation sites (tertiary alicyclic amines) is 1. The van der Waals surface area contributed by atoms with Crippen LogP contribution in [0.5, 0.6) is 5.75 Å². The highest BCUT2D eigenvalue weighted by atomic mass is 16.5. The van der Waals surface area contributed by atoms with Crippen LogP contribution >= 0.6 is 0 Å². The molecule has 1 aliphatic rings. The number of benzene rings is 1. The zero-order valence-electron chi connectivity index (χ0n) is 21.0. The third-order valence-corrected chi connectivity index (χ3v) is 5.87. The van der Waals surface area contributed by atoms with Crippen LogP contribution in [0.4, 0.5) is 0 Å². The van der Waals surface area contributed by atoms with Gasteiger partial charge in [0.05, 0.1) is 17.9 Å². The fraction of sp³-hybridized carbons (Fsp3) is 0.444. The lowest BCUT2D eigenvalue weighted by atomic mass is 9.84. The van der Waals surface area contributed by atoms with Gasteiger partial charge >= 0.3 is 0 Å². The number of aliphatic hydroxyl groups is 1. The molecule has 0 radical (unpaired) electrons. The molecule has 1 atom stereocenters. The number of ketones is 1. The van der Waals surface area contributed by atoms with E-state index in [4.69, 9.17) is 4.74 Å². The second-order valence-electron chi connectivity index (χ2n) is 9.80. The smallest absolute Gasteiger partial charge is 0.295 e. The summed E-state index contributed by atoms with van der Waals surface area (Å²) in [5.74, 6) is -0.767. The number of carbonyl (C=O) groups is 2. The molecule has 34 heavy (non-hydrogen) atoms. The molecule has 7 heteroatoms. The van der Waals surface area contributed by atoms with Crippen molar-refractivity contribution in [1.29, 1.82) is 0 Å². The Morgan fingerprint density at radius 2 is 1.91 bits per heavy atom. The van der Waals surface area contributed by atoms with Crippen LogP contribution in [0.2, 0.25) is 0 Å². The SMILES string of the molecule is CCOc1ccc(/C(O)=C2/C(=O)C(=O)N(CCCN(C)C)C2c2ccccn2)cc1C(C)(C)C. The first-order chi connectivity index (χ1) is 16.1. The number of Topliss-reactive ketones (excluding diaryl/α,β-unsaturated/α-hetero) is 1. The lowest BCUT2D eigenvalue weighted by molar-refractivity contribution is -0.140. The fourth-order valence-electron chi connectivity index (χ4n) is 4.21. The average molecular weight is 466 g/mol. The van der Waals surface area contributed by atoms with Gasteiger partial charge in [0, 0.05) is 23.9 Å². The highest BCUT2D eigenvalue weighted by Gasteiger charge is 2.46. The molecule has 0 saturated carbocycles. The first kappa shape index (κ1) is 25.4. The van der Waals surface area contributed by atoms with E-state index in [9.17, 15) is 14.7 Å². The van der Waals surface area contributed by atoms with E-state index >= 15 is 0 Å². The van der Waals surface area contributed by atoms with E-state index < -0.39 is 17.7 Å². The maximum absolute atomic E-state index is 13.2. The molecule has 1 saturated heterocycles. The molecule has 7 nitrogen and oxygen atoms in total. The zero-order chi connectivity index (χ0) is 25.0. The highest BCUT2D eigenvalue weighted by molar-refractivity contribution is 6.46. The number of pyridine rings is 1. The average Bonchev–Trinajstić information content (AvgIpc) is 3.04. The molecule has 1 aromatic heterocycles. The van der Waals surface area contributed by atoms with Crippen LogP contribution in [0.25, 0.3) is 5.76 Å². The number of nitrogens with zero attached hydrogens (tertiary/aromatic N) is 3.